The van der Waals surface area contributed by atoms with Crippen molar-refractivity contribution in [3.05, 3.63) is 177 Å². The maximum absolute atomic E-state index is 2.36. The fourth-order valence-electron chi connectivity index (χ4n) is 6.37. The van der Waals surface area contributed by atoms with Crippen LogP contribution in [-0.4, -0.2) is 0 Å². The van der Waals surface area contributed by atoms with Crippen LogP contribution in [0.2, 0.25) is 0 Å². The number of hydrogen-bond donors (Lipinski definition) is 0. The van der Waals surface area contributed by atoms with Crippen LogP contribution in [0, 0.1) is 13.8 Å². The Morgan fingerprint density at radius 2 is 1.67 bits per heavy atom. The monoisotopic (exact) mass is 603 g/mol. The summed E-state index contributed by atoms with van der Waals surface area (Å²) < 4.78 is 0. The topological polar surface area (TPSA) is 3.24 Å². The van der Waals surface area contributed by atoms with E-state index in [2.05, 4.69) is 173 Å². The van der Waals surface area contributed by atoms with Gasteiger partial charge < -0.3 is 4.90 Å². The summed E-state index contributed by atoms with van der Waals surface area (Å²) in [4.78, 5) is 2.36. The molecule has 2 aliphatic carbocycles. The molecule has 0 N–H and O–H groups in total. The molecule has 3 aromatic carbocycles. The number of nitrogens with zero attached hydrogens (tertiary/aromatic N) is 1. The largest absolute Gasteiger partial charge is 0.317 e. The van der Waals surface area contributed by atoms with Gasteiger partial charge in [0.15, 0.2) is 0 Å². The van der Waals surface area contributed by atoms with E-state index in [0.717, 1.165) is 19.3 Å². The molecule has 1 nitrogen and oxygen atoms in total. The van der Waals surface area contributed by atoms with Gasteiger partial charge in [-0.1, -0.05) is 114 Å². The van der Waals surface area contributed by atoms with Crippen molar-refractivity contribution in [1.29, 1.82) is 0 Å². The summed E-state index contributed by atoms with van der Waals surface area (Å²) in [7, 11) is 0. The first-order valence-electron chi connectivity index (χ1n) is 16.9. The van der Waals surface area contributed by atoms with Crippen molar-refractivity contribution >= 4 is 23.5 Å². The van der Waals surface area contributed by atoms with Crippen LogP contribution in [0.4, 0.5) is 11.4 Å². The van der Waals surface area contributed by atoms with E-state index in [9.17, 15) is 0 Å². The van der Waals surface area contributed by atoms with E-state index in [1.165, 1.54) is 86.3 Å². The molecular formula is C45H49N. The Morgan fingerprint density at radius 3 is 2.48 bits per heavy atom. The zero-order valence-corrected chi connectivity index (χ0v) is 28.4. The normalized spacial score (nSPS) is 16.3. The Kier molecular flexibility index (Phi) is 11.5. The van der Waals surface area contributed by atoms with Gasteiger partial charge in [-0.15, -0.1) is 0 Å². The zero-order valence-electron chi connectivity index (χ0n) is 28.4. The van der Waals surface area contributed by atoms with Crippen molar-refractivity contribution < 1.29 is 0 Å². The second-order valence-electron chi connectivity index (χ2n) is 12.6. The first-order chi connectivity index (χ1) is 22.4. The Morgan fingerprint density at radius 1 is 0.848 bits per heavy atom. The van der Waals surface area contributed by atoms with Crippen LogP contribution in [-0.2, 0) is 19.3 Å². The van der Waals surface area contributed by atoms with Crippen LogP contribution in [0.1, 0.15) is 79.0 Å². The standard InChI is InChI=1S/C45H49N/c1-6-14-38(25-22-34(3)15-8-9-18-40-31-36(5)32-41-27-26-37(7-2)33-44(40)41)16-13-30-46(42-28-23-35(4)24-29-42)45-21-12-19-39-17-10-11-20-43(39)45/h6-7,9,12-16,18-19,21-32H,8,10-11,17,20,33H2,1-5H3/b14-6-,18-9-,25-22-,30-13+,34-15+,37-7-,38-16+. The highest BCUT2D eigenvalue weighted by atomic mass is 15.1. The van der Waals surface area contributed by atoms with Gasteiger partial charge in [0.05, 0.1) is 0 Å². The van der Waals surface area contributed by atoms with Crippen LogP contribution < -0.4 is 4.90 Å². The third-order valence-corrected chi connectivity index (χ3v) is 8.93. The lowest BCUT2D eigenvalue weighted by molar-refractivity contribution is 0.685. The van der Waals surface area contributed by atoms with Gasteiger partial charge in [0.1, 0.15) is 0 Å². The third kappa shape index (κ3) is 8.55. The van der Waals surface area contributed by atoms with Gasteiger partial charge in [0.2, 0.25) is 0 Å². The number of hydrogen-bond acceptors (Lipinski definition) is 1. The van der Waals surface area contributed by atoms with Gasteiger partial charge in [-0.05, 0) is 142 Å². The van der Waals surface area contributed by atoms with Crippen molar-refractivity contribution in [3.63, 3.8) is 0 Å². The molecular weight excluding hydrogens is 555 g/mol. The molecule has 0 fully saturated rings. The molecule has 234 valence electrons. The number of anilines is 2. The molecule has 46 heavy (non-hydrogen) atoms. The average molecular weight is 604 g/mol. The fraction of sp³-hybridized carbons (Fsp3) is 0.244. The van der Waals surface area contributed by atoms with E-state index in [1.54, 1.807) is 0 Å². The molecule has 1 heteroatoms. The average Bonchev–Trinajstić information content (AvgIpc) is 3.07. The lowest BCUT2D eigenvalue weighted by atomic mass is 9.88. The lowest BCUT2D eigenvalue weighted by Crippen LogP contribution is -2.14. The SMILES string of the molecule is C\C=C/C(/C=C\C(C)=C\C/C=C\c1cc(C)cc2c1C/C(=C\C)C=C2)=C\C=C\N(c1ccc(C)cc1)c1cccc2c1CCCC2. The van der Waals surface area contributed by atoms with Crippen LogP contribution in [0.5, 0.6) is 0 Å². The first-order valence-corrected chi connectivity index (χ1v) is 16.9. The van der Waals surface area contributed by atoms with Crippen LogP contribution in [0.15, 0.2) is 138 Å². The maximum Gasteiger partial charge on any atom is 0.0490 e. The maximum atomic E-state index is 2.36. The van der Waals surface area contributed by atoms with Crippen LogP contribution in [0.3, 0.4) is 0 Å². The third-order valence-electron chi connectivity index (χ3n) is 8.93. The van der Waals surface area contributed by atoms with E-state index in [4.69, 9.17) is 0 Å². The van der Waals surface area contributed by atoms with Gasteiger partial charge in [-0.25, -0.2) is 0 Å². The molecule has 3 aromatic rings. The summed E-state index contributed by atoms with van der Waals surface area (Å²) in [5.74, 6) is 0. The number of benzene rings is 3. The van der Waals surface area contributed by atoms with Crippen molar-refractivity contribution in [2.24, 2.45) is 0 Å². The van der Waals surface area contributed by atoms with E-state index in [-0.39, 0.29) is 0 Å². The number of allylic oxidation sites excluding steroid dienone is 13. The molecule has 0 heterocycles. The predicted molar refractivity (Wildman–Crippen MR) is 203 cm³/mol. The van der Waals surface area contributed by atoms with Gasteiger partial charge in [-0.2, -0.15) is 0 Å². The minimum atomic E-state index is 0.903. The van der Waals surface area contributed by atoms with Gasteiger partial charge >= 0.3 is 0 Å². The highest BCUT2D eigenvalue weighted by Gasteiger charge is 2.17. The molecule has 0 unspecified atom stereocenters. The minimum Gasteiger partial charge on any atom is -0.317 e. The Hall–Kier alpha value is -4.62. The minimum absolute atomic E-state index is 0.903. The highest BCUT2D eigenvalue weighted by Crippen LogP contribution is 2.35. The van der Waals surface area contributed by atoms with Crippen molar-refractivity contribution in [1.82, 2.24) is 0 Å². The molecule has 2 aliphatic rings. The zero-order chi connectivity index (χ0) is 32.3. The fourth-order valence-corrected chi connectivity index (χ4v) is 6.37. The summed E-state index contributed by atoms with van der Waals surface area (Å²) in [6.45, 7) is 10.7. The molecule has 0 spiro atoms. The summed E-state index contributed by atoms with van der Waals surface area (Å²) in [5, 5.41) is 0. The number of aryl methyl sites for hydroxylation is 3. The second-order valence-corrected chi connectivity index (χ2v) is 12.6. The van der Waals surface area contributed by atoms with E-state index >= 15 is 0 Å². The number of fused-ring (bicyclic) bond motifs is 2. The van der Waals surface area contributed by atoms with E-state index < -0.39 is 0 Å². The van der Waals surface area contributed by atoms with Crippen molar-refractivity contribution in [2.45, 2.75) is 73.1 Å². The summed E-state index contributed by atoms with van der Waals surface area (Å²) in [6.07, 6.45) is 35.7. The molecule has 0 saturated carbocycles. The van der Waals surface area contributed by atoms with Gasteiger partial charge in [-0.3, -0.25) is 0 Å². The molecule has 0 atom stereocenters. The van der Waals surface area contributed by atoms with Crippen molar-refractivity contribution in [3.8, 4) is 0 Å². The first kappa shape index (κ1) is 32.8. The molecule has 0 radical (unpaired) electrons. The Labute approximate surface area is 278 Å². The van der Waals surface area contributed by atoms with Gasteiger partial charge in [0, 0.05) is 17.6 Å². The van der Waals surface area contributed by atoms with E-state index in [0.29, 0.717) is 0 Å². The highest BCUT2D eigenvalue weighted by molar-refractivity contribution is 5.71. The molecule has 0 aromatic heterocycles. The van der Waals surface area contributed by atoms with Crippen LogP contribution in [0.25, 0.3) is 12.2 Å². The summed E-state index contributed by atoms with van der Waals surface area (Å²) in [5.41, 5.74) is 16.0. The molecule has 0 bridgehead atoms. The molecule has 0 aliphatic heterocycles. The predicted octanol–water partition coefficient (Wildman–Crippen LogP) is 12.5. The Bertz CT molecular complexity index is 1760. The van der Waals surface area contributed by atoms with Crippen LogP contribution >= 0.6 is 0 Å². The molecule has 5 rings (SSSR count). The quantitative estimate of drug-likeness (QED) is 0.208. The van der Waals surface area contributed by atoms with Crippen molar-refractivity contribution in [2.75, 3.05) is 4.90 Å². The molecule has 0 amide bonds. The number of rotatable bonds is 10. The summed E-state index contributed by atoms with van der Waals surface area (Å²) >= 11 is 0. The van der Waals surface area contributed by atoms with Gasteiger partial charge in [0.25, 0.3) is 0 Å². The van der Waals surface area contributed by atoms with E-state index in [1.807, 2.05) is 0 Å². The Balaban J connectivity index is 1.31. The smallest absolute Gasteiger partial charge is 0.0490 e. The summed E-state index contributed by atoms with van der Waals surface area (Å²) in [6, 6.07) is 20.3. The molecule has 0 saturated heterocycles. The second kappa shape index (κ2) is 16.1. The lowest BCUT2D eigenvalue weighted by Gasteiger charge is -2.27.